The molecule has 0 spiro atoms. The maximum atomic E-state index is 12.3. The van der Waals surface area contributed by atoms with Gasteiger partial charge in [-0.1, -0.05) is 23.5 Å². The lowest BCUT2D eigenvalue weighted by Crippen LogP contribution is -2.43. The average molecular weight is 346 g/mol. The Hall–Kier alpha value is -2.35. The molecule has 0 saturated heterocycles. The van der Waals surface area contributed by atoms with Crippen molar-refractivity contribution in [3.05, 3.63) is 29.3 Å². The van der Waals surface area contributed by atoms with E-state index < -0.39 is 0 Å². The SMILES string of the molecule is CN(CC1COc2ccccc2O1)C(=O)Nc1nnc(C2CC2)s1. The molecule has 1 N–H and O–H groups in total. The zero-order chi connectivity index (χ0) is 16.5. The zero-order valence-electron chi connectivity index (χ0n) is 13.3. The number of anilines is 1. The number of hydrogen-bond donors (Lipinski definition) is 1. The van der Waals surface area contributed by atoms with Crippen LogP contribution in [-0.4, -0.2) is 47.4 Å². The molecule has 4 rings (SSSR count). The highest BCUT2D eigenvalue weighted by Crippen LogP contribution is 2.42. The summed E-state index contributed by atoms with van der Waals surface area (Å²) >= 11 is 1.45. The van der Waals surface area contributed by atoms with E-state index in [1.165, 1.54) is 24.2 Å². The van der Waals surface area contributed by atoms with Gasteiger partial charge >= 0.3 is 6.03 Å². The van der Waals surface area contributed by atoms with Crippen LogP contribution in [0.2, 0.25) is 0 Å². The van der Waals surface area contributed by atoms with Crippen molar-refractivity contribution in [3.8, 4) is 11.5 Å². The van der Waals surface area contributed by atoms with Crippen LogP contribution in [0.1, 0.15) is 23.8 Å². The second-order valence-corrected chi connectivity index (χ2v) is 7.04. The van der Waals surface area contributed by atoms with Crippen LogP contribution in [0, 0.1) is 0 Å². The van der Waals surface area contributed by atoms with Gasteiger partial charge in [0.05, 0.1) is 6.54 Å². The fourth-order valence-corrected chi connectivity index (χ4v) is 3.41. The van der Waals surface area contributed by atoms with Gasteiger partial charge in [-0.25, -0.2) is 4.79 Å². The molecule has 1 atom stereocenters. The molecule has 24 heavy (non-hydrogen) atoms. The van der Waals surface area contributed by atoms with Crippen LogP contribution < -0.4 is 14.8 Å². The summed E-state index contributed by atoms with van der Waals surface area (Å²) in [5.41, 5.74) is 0. The number of nitrogens with one attached hydrogen (secondary N) is 1. The molecule has 0 radical (unpaired) electrons. The first-order valence-electron chi connectivity index (χ1n) is 7.93. The molecule has 1 fully saturated rings. The Bertz CT molecular complexity index is 746. The predicted molar refractivity (Wildman–Crippen MR) is 89.9 cm³/mol. The number of carbonyl (C=O) groups is 1. The molecule has 2 amide bonds. The Morgan fingerprint density at radius 1 is 1.33 bits per heavy atom. The third-order valence-corrected chi connectivity index (χ3v) is 4.97. The van der Waals surface area contributed by atoms with Crippen LogP contribution >= 0.6 is 11.3 Å². The molecule has 0 bridgehead atoms. The molecule has 2 heterocycles. The number of hydrogen-bond acceptors (Lipinski definition) is 6. The highest BCUT2D eigenvalue weighted by atomic mass is 32.1. The number of nitrogens with zero attached hydrogens (tertiary/aromatic N) is 3. The molecule has 1 aliphatic heterocycles. The number of aromatic nitrogens is 2. The summed E-state index contributed by atoms with van der Waals surface area (Å²) in [6.07, 6.45) is 2.14. The Balaban J connectivity index is 1.32. The van der Waals surface area contributed by atoms with Crippen LogP contribution in [0.5, 0.6) is 11.5 Å². The Kier molecular flexibility index (Phi) is 3.97. The molecule has 1 aromatic heterocycles. The maximum absolute atomic E-state index is 12.3. The minimum atomic E-state index is -0.226. The van der Waals surface area contributed by atoms with E-state index in [9.17, 15) is 4.79 Å². The summed E-state index contributed by atoms with van der Waals surface area (Å²) in [7, 11) is 1.72. The largest absolute Gasteiger partial charge is 0.486 e. The van der Waals surface area contributed by atoms with Crippen molar-refractivity contribution in [1.82, 2.24) is 15.1 Å². The van der Waals surface area contributed by atoms with Crippen LogP contribution in [-0.2, 0) is 0 Å². The minimum absolute atomic E-state index is 0.202. The smallest absolute Gasteiger partial charge is 0.323 e. The second kappa shape index (κ2) is 6.27. The van der Waals surface area contributed by atoms with E-state index in [1.807, 2.05) is 24.3 Å². The molecule has 1 aromatic carbocycles. The summed E-state index contributed by atoms with van der Waals surface area (Å²) in [6.45, 7) is 0.841. The van der Waals surface area contributed by atoms with E-state index in [0.717, 1.165) is 10.8 Å². The number of para-hydroxylation sites is 2. The van der Waals surface area contributed by atoms with Crippen molar-refractivity contribution >= 4 is 22.5 Å². The predicted octanol–water partition coefficient (Wildman–Crippen LogP) is 2.72. The quantitative estimate of drug-likeness (QED) is 0.921. The number of fused-ring (bicyclic) bond motifs is 1. The number of benzene rings is 1. The first-order chi connectivity index (χ1) is 11.7. The van der Waals surface area contributed by atoms with Crippen LogP contribution in [0.15, 0.2) is 24.3 Å². The molecular weight excluding hydrogens is 328 g/mol. The van der Waals surface area contributed by atoms with Gasteiger partial charge in [-0.2, -0.15) is 0 Å². The Labute approximate surface area is 143 Å². The zero-order valence-corrected chi connectivity index (χ0v) is 14.1. The van der Waals surface area contributed by atoms with Gasteiger partial charge in [0.15, 0.2) is 17.6 Å². The Morgan fingerprint density at radius 2 is 2.12 bits per heavy atom. The lowest BCUT2D eigenvalue weighted by Gasteiger charge is -2.29. The van der Waals surface area contributed by atoms with Gasteiger partial charge in [0.2, 0.25) is 5.13 Å². The second-order valence-electron chi connectivity index (χ2n) is 6.03. The van der Waals surface area contributed by atoms with Gasteiger partial charge in [0.1, 0.15) is 11.6 Å². The van der Waals surface area contributed by atoms with E-state index >= 15 is 0 Å². The summed E-state index contributed by atoms with van der Waals surface area (Å²) in [5.74, 6) is 1.99. The topological polar surface area (TPSA) is 76.6 Å². The molecule has 1 saturated carbocycles. The first-order valence-corrected chi connectivity index (χ1v) is 8.74. The number of carbonyl (C=O) groups excluding carboxylic acids is 1. The Morgan fingerprint density at radius 3 is 2.92 bits per heavy atom. The van der Waals surface area contributed by atoms with Crippen LogP contribution in [0.3, 0.4) is 0 Å². The van der Waals surface area contributed by atoms with E-state index in [-0.39, 0.29) is 12.1 Å². The molecule has 8 heteroatoms. The highest BCUT2D eigenvalue weighted by Gasteiger charge is 2.28. The molecule has 126 valence electrons. The number of rotatable bonds is 4. The van der Waals surface area contributed by atoms with Gasteiger partial charge in [0.25, 0.3) is 0 Å². The fraction of sp³-hybridized carbons (Fsp3) is 0.438. The van der Waals surface area contributed by atoms with Crippen molar-refractivity contribution in [2.24, 2.45) is 0 Å². The van der Waals surface area contributed by atoms with Gasteiger partial charge in [-0.3, -0.25) is 5.32 Å². The molecule has 2 aliphatic rings. The minimum Gasteiger partial charge on any atom is -0.486 e. The number of urea groups is 1. The average Bonchev–Trinajstić information content (AvgIpc) is 3.34. The van der Waals surface area contributed by atoms with E-state index in [4.69, 9.17) is 9.47 Å². The van der Waals surface area contributed by atoms with E-state index in [1.54, 1.807) is 11.9 Å². The van der Waals surface area contributed by atoms with Gasteiger partial charge in [0, 0.05) is 13.0 Å². The van der Waals surface area contributed by atoms with Crippen molar-refractivity contribution < 1.29 is 14.3 Å². The maximum Gasteiger partial charge on any atom is 0.323 e. The summed E-state index contributed by atoms with van der Waals surface area (Å²) in [6, 6.07) is 7.31. The third-order valence-electron chi connectivity index (χ3n) is 3.97. The van der Waals surface area contributed by atoms with Crippen LogP contribution in [0.25, 0.3) is 0 Å². The normalized spacial score (nSPS) is 19.0. The third kappa shape index (κ3) is 3.28. The molecule has 2 aromatic rings. The van der Waals surface area contributed by atoms with Crippen LogP contribution in [0.4, 0.5) is 9.93 Å². The van der Waals surface area contributed by atoms with E-state index in [2.05, 4.69) is 15.5 Å². The summed E-state index contributed by atoms with van der Waals surface area (Å²) in [5, 5.41) is 12.5. The van der Waals surface area contributed by atoms with E-state index in [0.29, 0.717) is 30.0 Å². The lowest BCUT2D eigenvalue weighted by molar-refractivity contribution is 0.0731. The lowest BCUT2D eigenvalue weighted by atomic mass is 10.2. The molecule has 7 nitrogen and oxygen atoms in total. The number of likely N-dealkylation sites (N-methyl/N-ethyl adjacent to an activating group) is 1. The molecule has 1 aliphatic carbocycles. The van der Waals surface area contributed by atoms with Crippen molar-refractivity contribution in [3.63, 3.8) is 0 Å². The van der Waals surface area contributed by atoms with Gasteiger partial charge in [-0.15, -0.1) is 10.2 Å². The first kappa shape index (κ1) is 15.2. The standard InChI is InChI=1S/C16H18N4O3S/c1-20(8-11-9-22-12-4-2-3-5-13(12)23-11)16(21)17-15-19-18-14(24-15)10-6-7-10/h2-5,10-11H,6-9H2,1H3,(H,17,19,21). The summed E-state index contributed by atoms with van der Waals surface area (Å²) < 4.78 is 11.5. The fourth-order valence-electron chi connectivity index (χ4n) is 2.51. The molecule has 1 unspecified atom stereocenters. The van der Waals surface area contributed by atoms with Gasteiger partial charge < -0.3 is 14.4 Å². The summed E-state index contributed by atoms with van der Waals surface area (Å²) in [4.78, 5) is 13.9. The molecular formula is C16H18N4O3S. The van der Waals surface area contributed by atoms with Gasteiger partial charge in [-0.05, 0) is 25.0 Å². The van der Waals surface area contributed by atoms with Crippen molar-refractivity contribution in [1.29, 1.82) is 0 Å². The van der Waals surface area contributed by atoms with Crippen molar-refractivity contribution in [2.45, 2.75) is 24.9 Å². The number of amides is 2. The number of ether oxygens (including phenoxy) is 2. The highest BCUT2D eigenvalue weighted by molar-refractivity contribution is 7.15. The van der Waals surface area contributed by atoms with Crippen molar-refractivity contribution in [2.75, 3.05) is 25.5 Å². The monoisotopic (exact) mass is 346 g/mol.